The number of nitrogens with one attached hydrogen (secondary N) is 2. The van der Waals surface area contributed by atoms with Crippen molar-refractivity contribution >= 4 is 30.1 Å². The van der Waals surface area contributed by atoms with Crippen LogP contribution in [0.5, 0.6) is 0 Å². The van der Waals surface area contributed by atoms with E-state index in [0.717, 1.165) is 27.8 Å². The highest BCUT2D eigenvalue weighted by atomic mass is 32.1. The van der Waals surface area contributed by atoms with Crippen molar-refractivity contribution in [3.05, 3.63) is 106 Å². The lowest BCUT2D eigenvalue weighted by Crippen LogP contribution is -2.31. The summed E-state index contributed by atoms with van der Waals surface area (Å²) in [4.78, 5) is 13.6. The van der Waals surface area contributed by atoms with E-state index < -0.39 is 6.10 Å². The fourth-order valence-corrected chi connectivity index (χ4v) is 4.51. The molecule has 0 aliphatic carbocycles. The summed E-state index contributed by atoms with van der Waals surface area (Å²) in [7, 11) is 0. The molecule has 0 fully saturated rings. The molecule has 0 aliphatic rings. The molecule has 0 saturated carbocycles. The van der Waals surface area contributed by atoms with E-state index in [2.05, 4.69) is 44.8 Å². The van der Waals surface area contributed by atoms with Crippen molar-refractivity contribution in [1.82, 2.24) is 5.32 Å². The minimum Gasteiger partial charge on any atom is -0.468 e. The van der Waals surface area contributed by atoms with E-state index in [0.29, 0.717) is 16.2 Å². The molecule has 36 heavy (non-hydrogen) atoms. The van der Waals surface area contributed by atoms with Crippen LogP contribution in [0.4, 0.5) is 0 Å². The molecule has 0 saturated heterocycles. The highest BCUT2D eigenvalue weighted by molar-refractivity contribution is 7.80. The predicted molar refractivity (Wildman–Crippen MR) is 151 cm³/mol. The number of aryl methyl sites for hydroxylation is 2. The summed E-state index contributed by atoms with van der Waals surface area (Å²) in [5.74, 6) is -0.305. The molecule has 0 spiro atoms. The molecular weight excluding hydrogens is 466 g/mol. The van der Waals surface area contributed by atoms with Gasteiger partial charge in [-0.05, 0) is 59.7 Å². The highest BCUT2D eigenvalue weighted by Crippen LogP contribution is 2.31. The van der Waals surface area contributed by atoms with Crippen molar-refractivity contribution < 1.29 is 9.53 Å². The third-order valence-corrected chi connectivity index (χ3v) is 6.28. The number of rotatable bonds is 7. The maximum atomic E-state index is 12.9. The van der Waals surface area contributed by atoms with Crippen molar-refractivity contribution in [2.75, 3.05) is 6.54 Å². The zero-order chi connectivity index (χ0) is 26.5. The lowest BCUT2D eigenvalue weighted by molar-refractivity contribution is 0.0922. The first-order chi connectivity index (χ1) is 17.0. The topological polar surface area (TPSA) is 88.2 Å². The number of amides is 1. The van der Waals surface area contributed by atoms with Gasteiger partial charge in [-0.1, -0.05) is 69.3 Å². The summed E-state index contributed by atoms with van der Waals surface area (Å²) >= 11 is 4.33. The van der Waals surface area contributed by atoms with E-state index in [1.54, 1.807) is 18.2 Å². The van der Waals surface area contributed by atoms with Crippen LogP contribution in [0, 0.1) is 19.3 Å². The van der Waals surface area contributed by atoms with Crippen LogP contribution < -0.4 is 11.1 Å². The molecule has 3 aromatic carbocycles. The van der Waals surface area contributed by atoms with E-state index in [4.69, 9.17) is 15.9 Å². The van der Waals surface area contributed by atoms with Crippen LogP contribution >= 0.6 is 12.6 Å². The second-order valence-electron chi connectivity index (χ2n) is 9.93. The van der Waals surface area contributed by atoms with Crippen LogP contribution in [0.2, 0.25) is 0 Å². The Hall–Kier alpha value is -3.51. The van der Waals surface area contributed by atoms with E-state index in [9.17, 15) is 4.79 Å². The normalized spacial score (nSPS) is 12.7. The number of hydrogen-bond acceptors (Lipinski definition) is 5. The average Bonchev–Trinajstić information content (AvgIpc) is 2.80. The van der Waals surface area contributed by atoms with Gasteiger partial charge in [-0.15, -0.1) is 12.6 Å². The summed E-state index contributed by atoms with van der Waals surface area (Å²) in [5, 5.41) is 11.6. The maximum Gasteiger partial charge on any atom is 0.251 e. The molecular formula is C30H35N3O2S. The molecule has 1 amide bonds. The molecule has 6 heteroatoms. The average molecular weight is 502 g/mol. The largest absolute Gasteiger partial charge is 0.468 e. The summed E-state index contributed by atoms with van der Waals surface area (Å²) in [5.41, 5.74) is 12.2. The fraction of sp³-hybridized carbons (Fsp3) is 0.267. The van der Waals surface area contributed by atoms with Gasteiger partial charge < -0.3 is 15.8 Å². The molecule has 0 radical (unpaired) electrons. The van der Waals surface area contributed by atoms with E-state index in [1.165, 1.54) is 6.08 Å². The summed E-state index contributed by atoms with van der Waals surface area (Å²) < 4.78 is 6.15. The number of carbonyl (C=O) groups is 1. The Labute approximate surface area is 219 Å². The van der Waals surface area contributed by atoms with Gasteiger partial charge in [-0.2, -0.15) is 0 Å². The fourth-order valence-electron chi connectivity index (χ4n) is 4.28. The Morgan fingerprint density at radius 3 is 2.33 bits per heavy atom. The molecule has 4 N–H and O–H groups in total. The minimum atomic E-state index is -0.585. The van der Waals surface area contributed by atoms with Gasteiger partial charge in [0.05, 0.1) is 6.54 Å². The van der Waals surface area contributed by atoms with Gasteiger partial charge in [-0.3, -0.25) is 10.2 Å². The smallest absolute Gasteiger partial charge is 0.251 e. The first-order valence-electron chi connectivity index (χ1n) is 11.9. The molecule has 1 atom stereocenters. The predicted octanol–water partition coefficient (Wildman–Crippen LogP) is 6.35. The van der Waals surface area contributed by atoms with E-state index >= 15 is 0 Å². The van der Waals surface area contributed by atoms with Gasteiger partial charge in [0.2, 0.25) is 5.90 Å². The molecule has 1 unspecified atom stereocenters. The van der Waals surface area contributed by atoms with Crippen LogP contribution in [0.25, 0.3) is 5.70 Å². The standard InChI is InChI=1S/C30H35N3O2S/c1-19-10-8-11-20(2)28(19)25(31)17-27(32)35-26(23-14-6-7-15-24(23)30(3,4)5)18-33-29(34)21-12-9-13-22(36)16-21/h6-17,26,32,36H,18,31H2,1-5H3,(H,33,34)/b25-17-,32-27?. The number of benzene rings is 3. The molecule has 0 aromatic heterocycles. The maximum absolute atomic E-state index is 12.9. The summed E-state index contributed by atoms with van der Waals surface area (Å²) in [6.07, 6.45) is 0.951. The van der Waals surface area contributed by atoms with Gasteiger partial charge in [0.15, 0.2) is 0 Å². The van der Waals surface area contributed by atoms with Crippen molar-refractivity contribution in [3.8, 4) is 0 Å². The third kappa shape index (κ3) is 6.79. The molecule has 3 rings (SSSR count). The monoisotopic (exact) mass is 501 g/mol. The number of hydrogen-bond donors (Lipinski definition) is 4. The van der Waals surface area contributed by atoms with Crippen LogP contribution in [0.3, 0.4) is 0 Å². The minimum absolute atomic E-state index is 0.0736. The Bertz CT molecular complexity index is 1270. The lowest BCUT2D eigenvalue weighted by atomic mass is 9.82. The first kappa shape index (κ1) is 27.1. The molecule has 0 aliphatic heterocycles. The van der Waals surface area contributed by atoms with Crippen molar-refractivity contribution in [2.45, 2.75) is 51.0 Å². The van der Waals surface area contributed by atoms with Gasteiger partial charge in [-0.25, -0.2) is 0 Å². The van der Waals surface area contributed by atoms with Gasteiger partial charge in [0.25, 0.3) is 5.91 Å². The first-order valence-corrected chi connectivity index (χ1v) is 12.4. The number of ether oxygens (including phenoxy) is 1. The molecule has 3 aromatic rings. The van der Waals surface area contributed by atoms with E-state index in [-0.39, 0.29) is 23.8 Å². The van der Waals surface area contributed by atoms with Crippen molar-refractivity contribution in [1.29, 1.82) is 5.41 Å². The second-order valence-corrected chi connectivity index (χ2v) is 10.5. The molecule has 0 heterocycles. The van der Waals surface area contributed by atoms with Crippen LogP contribution in [-0.2, 0) is 10.2 Å². The van der Waals surface area contributed by atoms with Crippen LogP contribution in [0.1, 0.15) is 65.1 Å². The SMILES string of the molecule is Cc1cccc(C)c1/C(N)=C/C(=N)OC(CNC(=O)c1cccc(S)c1)c1ccccc1C(C)(C)C. The lowest BCUT2D eigenvalue weighted by Gasteiger charge is -2.28. The Morgan fingerprint density at radius 2 is 1.69 bits per heavy atom. The van der Waals surface area contributed by atoms with Crippen molar-refractivity contribution in [3.63, 3.8) is 0 Å². The van der Waals surface area contributed by atoms with Gasteiger partial charge >= 0.3 is 0 Å². The summed E-state index contributed by atoms with van der Waals surface area (Å²) in [6, 6.07) is 21.0. The van der Waals surface area contributed by atoms with Crippen LogP contribution in [-0.4, -0.2) is 18.3 Å². The van der Waals surface area contributed by atoms with Crippen molar-refractivity contribution in [2.24, 2.45) is 5.73 Å². The summed E-state index contributed by atoms with van der Waals surface area (Å²) in [6.45, 7) is 10.6. The van der Waals surface area contributed by atoms with Gasteiger partial charge in [0.1, 0.15) is 6.10 Å². The molecule has 5 nitrogen and oxygen atoms in total. The zero-order valence-corrected chi connectivity index (χ0v) is 22.4. The van der Waals surface area contributed by atoms with E-state index in [1.807, 2.05) is 56.3 Å². The molecule has 188 valence electrons. The third-order valence-electron chi connectivity index (χ3n) is 6.00. The number of thiol groups is 1. The number of carbonyl (C=O) groups excluding carboxylic acids is 1. The Balaban J connectivity index is 1.90. The number of nitrogens with two attached hydrogens (primary N) is 1. The van der Waals surface area contributed by atoms with Gasteiger partial charge in [0, 0.05) is 27.8 Å². The zero-order valence-electron chi connectivity index (χ0n) is 21.6. The molecule has 0 bridgehead atoms. The Kier molecular flexibility index (Phi) is 8.64. The Morgan fingerprint density at radius 1 is 1.06 bits per heavy atom. The highest BCUT2D eigenvalue weighted by Gasteiger charge is 2.25. The quantitative estimate of drug-likeness (QED) is 0.173. The van der Waals surface area contributed by atoms with Crippen LogP contribution in [0.15, 0.2) is 77.7 Å². The second kappa shape index (κ2) is 11.5.